The van der Waals surface area contributed by atoms with Gasteiger partial charge in [0.2, 0.25) is 0 Å². The molecule has 0 atom stereocenters. The van der Waals surface area contributed by atoms with Gasteiger partial charge in [-0.1, -0.05) is 26.8 Å². The number of fused-ring (bicyclic) bond motifs is 2. The lowest BCUT2D eigenvalue weighted by Crippen LogP contribution is -2.12. The minimum atomic E-state index is 0.0188. The first-order valence-corrected chi connectivity index (χ1v) is 7.63. The summed E-state index contributed by atoms with van der Waals surface area (Å²) in [6.45, 7) is 6.42. The second-order valence-corrected chi connectivity index (χ2v) is 7.30. The van der Waals surface area contributed by atoms with Gasteiger partial charge in [-0.3, -0.25) is 4.79 Å². The SMILES string of the molecule is CC(C)(C)c1ccc2sc3cc(C#N)ccc3c(=O)c2c1. The van der Waals surface area contributed by atoms with Crippen molar-refractivity contribution in [3.8, 4) is 6.07 Å². The summed E-state index contributed by atoms with van der Waals surface area (Å²) in [6.07, 6.45) is 0. The van der Waals surface area contributed by atoms with Crippen LogP contribution in [-0.4, -0.2) is 0 Å². The average Bonchev–Trinajstić information content (AvgIpc) is 2.45. The Labute approximate surface area is 127 Å². The number of nitriles is 1. The van der Waals surface area contributed by atoms with Crippen molar-refractivity contribution in [3.05, 3.63) is 57.7 Å². The first kappa shape index (κ1) is 13.8. The Morgan fingerprint density at radius 1 is 1.00 bits per heavy atom. The summed E-state index contributed by atoms with van der Waals surface area (Å²) in [4.78, 5) is 12.7. The topological polar surface area (TPSA) is 40.9 Å². The summed E-state index contributed by atoms with van der Waals surface area (Å²) in [6, 6.07) is 13.5. The third kappa shape index (κ3) is 2.32. The van der Waals surface area contributed by atoms with Crippen LogP contribution in [0.2, 0.25) is 0 Å². The maximum Gasteiger partial charge on any atom is 0.195 e. The molecule has 0 spiro atoms. The van der Waals surface area contributed by atoms with Crippen molar-refractivity contribution in [2.45, 2.75) is 26.2 Å². The predicted octanol–water partition coefficient (Wildman–Crippen LogP) is 4.58. The van der Waals surface area contributed by atoms with Gasteiger partial charge in [0.25, 0.3) is 0 Å². The molecule has 3 aromatic rings. The fraction of sp³-hybridized carbons (Fsp3) is 0.222. The maximum atomic E-state index is 12.7. The molecule has 0 saturated heterocycles. The Hall–Kier alpha value is -2.18. The average molecular weight is 293 g/mol. The van der Waals surface area contributed by atoms with Crippen molar-refractivity contribution in [1.82, 2.24) is 0 Å². The zero-order valence-corrected chi connectivity index (χ0v) is 13.0. The standard InChI is InChI=1S/C18H15NOS/c1-18(2,3)12-5-7-15-14(9-12)17(20)13-6-4-11(10-19)8-16(13)21-15/h4-9H,1-3H3. The highest BCUT2D eigenvalue weighted by molar-refractivity contribution is 7.24. The highest BCUT2D eigenvalue weighted by Gasteiger charge is 2.15. The molecule has 0 aliphatic carbocycles. The van der Waals surface area contributed by atoms with Crippen LogP contribution in [0.5, 0.6) is 0 Å². The first-order valence-electron chi connectivity index (χ1n) is 6.81. The molecule has 2 aromatic carbocycles. The molecule has 21 heavy (non-hydrogen) atoms. The minimum absolute atomic E-state index is 0.0188. The Kier molecular flexibility index (Phi) is 3.07. The lowest BCUT2D eigenvalue weighted by atomic mass is 9.86. The fourth-order valence-electron chi connectivity index (χ4n) is 2.39. The number of hydrogen-bond donors (Lipinski definition) is 0. The Bertz CT molecular complexity index is 955. The molecule has 0 N–H and O–H groups in total. The molecule has 0 aliphatic rings. The van der Waals surface area contributed by atoms with Gasteiger partial charge < -0.3 is 0 Å². The van der Waals surface area contributed by atoms with Gasteiger partial charge in [-0.2, -0.15) is 5.26 Å². The van der Waals surface area contributed by atoms with Crippen LogP contribution in [0.1, 0.15) is 31.9 Å². The summed E-state index contributed by atoms with van der Waals surface area (Å²) in [5, 5.41) is 10.4. The molecule has 0 bridgehead atoms. The summed E-state index contributed by atoms with van der Waals surface area (Å²) in [5.74, 6) is 0. The van der Waals surface area contributed by atoms with Crippen molar-refractivity contribution in [3.63, 3.8) is 0 Å². The molecule has 0 aliphatic heterocycles. The second-order valence-electron chi connectivity index (χ2n) is 6.21. The molecule has 104 valence electrons. The van der Waals surface area contributed by atoms with Gasteiger partial charge in [0.05, 0.1) is 11.6 Å². The van der Waals surface area contributed by atoms with E-state index in [1.54, 1.807) is 29.5 Å². The maximum absolute atomic E-state index is 12.7. The van der Waals surface area contributed by atoms with Crippen LogP contribution in [0.25, 0.3) is 20.2 Å². The Morgan fingerprint density at radius 2 is 1.76 bits per heavy atom. The van der Waals surface area contributed by atoms with Crippen LogP contribution < -0.4 is 5.43 Å². The van der Waals surface area contributed by atoms with E-state index < -0.39 is 0 Å². The van der Waals surface area contributed by atoms with E-state index >= 15 is 0 Å². The van der Waals surface area contributed by atoms with Crippen molar-refractivity contribution in [1.29, 1.82) is 5.26 Å². The predicted molar refractivity (Wildman–Crippen MR) is 89.0 cm³/mol. The molecule has 0 unspecified atom stereocenters. The normalized spacial score (nSPS) is 11.7. The van der Waals surface area contributed by atoms with E-state index in [4.69, 9.17) is 5.26 Å². The molecule has 0 amide bonds. The molecule has 0 fully saturated rings. The van der Waals surface area contributed by atoms with Crippen LogP contribution in [-0.2, 0) is 5.41 Å². The first-order chi connectivity index (χ1) is 9.90. The molecule has 0 saturated carbocycles. The van der Waals surface area contributed by atoms with Gasteiger partial charge in [-0.25, -0.2) is 0 Å². The molecule has 1 aromatic heterocycles. The smallest absolute Gasteiger partial charge is 0.195 e. The monoisotopic (exact) mass is 293 g/mol. The highest BCUT2D eigenvalue weighted by Crippen LogP contribution is 2.29. The molecular formula is C18H15NOS. The number of nitrogens with zero attached hydrogens (tertiary/aromatic N) is 1. The van der Waals surface area contributed by atoms with Crippen LogP contribution in [0.3, 0.4) is 0 Å². The van der Waals surface area contributed by atoms with Crippen molar-refractivity contribution in [2.24, 2.45) is 0 Å². The van der Waals surface area contributed by atoms with Gasteiger partial charge in [-0.15, -0.1) is 11.3 Å². The summed E-state index contributed by atoms with van der Waals surface area (Å²) < 4.78 is 1.84. The van der Waals surface area contributed by atoms with Crippen molar-refractivity contribution in [2.75, 3.05) is 0 Å². The van der Waals surface area contributed by atoms with Gasteiger partial charge >= 0.3 is 0 Å². The van der Waals surface area contributed by atoms with E-state index in [2.05, 4.69) is 32.9 Å². The van der Waals surface area contributed by atoms with Crippen LogP contribution in [0.4, 0.5) is 0 Å². The summed E-state index contributed by atoms with van der Waals surface area (Å²) >= 11 is 1.56. The Balaban J connectivity index is 2.40. The van der Waals surface area contributed by atoms with Crippen molar-refractivity contribution < 1.29 is 0 Å². The van der Waals surface area contributed by atoms with Gasteiger partial charge in [0.15, 0.2) is 5.43 Å². The zero-order chi connectivity index (χ0) is 15.2. The molecule has 1 heterocycles. The van der Waals surface area contributed by atoms with E-state index in [0.717, 1.165) is 20.3 Å². The third-order valence-corrected chi connectivity index (χ3v) is 4.80. The fourth-order valence-corrected chi connectivity index (χ4v) is 3.48. The lowest BCUT2D eigenvalue weighted by Gasteiger charge is -2.19. The zero-order valence-electron chi connectivity index (χ0n) is 12.2. The van der Waals surface area contributed by atoms with Crippen LogP contribution in [0, 0.1) is 11.3 Å². The highest BCUT2D eigenvalue weighted by atomic mass is 32.1. The van der Waals surface area contributed by atoms with E-state index in [1.165, 1.54) is 0 Å². The number of rotatable bonds is 0. The Morgan fingerprint density at radius 3 is 2.43 bits per heavy atom. The third-order valence-electron chi connectivity index (χ3n) is 3.67. The second kappa shape index (κ2) is 4.68. The molecule has 2 nitrogen and oxygen atoms in total. The molecular weight excluding hydrogens is 278 g/mol. The van der Waals surface area contributed by atoms with E-state index in [-0.39, 0.29) is 10.8 Å². The van der Waals surface area contributed by atoms with Gasteiger partial charge in [-0.05, 0) is 41.3 Å². The lowest BCUT2D eigenvalue weighted by molar-refractivity contribution is 0.591. The molecule has 3 heteroatoms. The molecule has 0 radical (unpaired) electrons. The quantitative estimate of drug-likeness (QED) is 0.569. The minimum Gasteiger partial charge on any atom is -0.289 e. The van der Waals surface area contributed by atoms with Crippen LogP contribution >= 0.6 is 11.3 Å². The number of benzene rings is 2. The largest absolute Gasteiger partial charge is 0.289 e. The van der Waals surface area contributed by atoms with Crippen LogP contribution in [0.15, 0.2) is 41.2 Å². The van der Waals surface area contributed by atoms with E-state index in [9.17, 15) is 4.79 Å². The van der Waals surface area contributed by atoms with E-state index in [0.29, 0.717) is 10.9 Å². The molecule has 3 rings (SSSR count). The van der Waals surface area contributed by atoms with E-state index in [1.807, 2.05) is 12.1 Å². The van der Waals surface area contributed by atoms with Crippen molar-refractivity contribution >= 4 is 31.5 Å². The van der Waals surface area contributed by atoms with Gasteiger partial charge in [0.1, 0.15) is 0 Å². The summed E-state index contributed by atoms with van der Waals surface area (Å²) in [5.41, 5.74) is 1.82. The summed E-state index contributed by atoms with van der Waals surface area (Å²) in [7, 11) is 0. The van der Waals surface area contributed by atoms with Gasteiger partial charge in [0, 0.05) is 20.2 Å². The number of hydrogen-bond acceptors (Lipinski definition) is 3.